The second-order valence-corrected chi connectivity index (χ2v) is 8.34. The topological polar surface area (TPSA) is 52.7 Å². The SMILES string of the molecule is CC1CCN(C(=O)c2cc(NC(=O)C(C)(C)CCl)ccc2N(C)C)CC1. The number of benzene rings is 1. The van der Waals surface area contributed by atoms with Gasteiger partial charge in [-0.05, 0) is 50.8 Å². The molecule has 1 aliphatic rings. The van der Waals surface area contributed by atoms with Gasteiger partial charge in [0, 0.05) is 44.4 Å². The van der Waals surface area contributed by atoms with Crippen LogP contribution in [0.25, 0.3) is 0 Å². The van der Waals surface area contributed by atoms with Gasteiger partial charge in [-0.3, -0.25) is 9.59 Å². The van der Waals surface area contributed by atoms with Crippen LogP contribution in [-0.4, -0.2) is 49.8 Å². The highest BCUT2D eigenvalue weighted by molar-refractivity contribution is 6.20. The predicted octanol–water partition coefficient (Wildman–Crippen LogP) is 3.83. The maximum absolute atomic E-state index is 13.1. The van der Waals surface area contributed by atoms with E-state index < -0.39 is 5.41 Å². The van der Waals surface area contributed by atoms with Crippen molar-refractivity contribution in [3.05, 3.63) is 23.8 Å². The van der Waals surface area contributed by atoms with E-state index >= 15 is 0 Å². The molecule has 2 amide bonds. The molecule has 0 atom stereocenters. The lowest BCUT2D eigenvalue weighted by Gasteiger charge is -2.31. The second kappa shape index (κ2) is 8.30. The molecule has 0 saturated carbocycles. The Labute approximate surface area is 161 Å². The van der Waals surface area contributed by atoms with Crippen LogP contribution in [-0.2, 0) is 4.79 Å². The number of alkyl halides is 1. The fourth-order valence-electron chi connectivity index (χ4n) is 2.92. The molecular weight excluding hydrogens is 350 g/mol. The van der Waals surface area contributed by atoms with E-state index in [1.165, 1.54) is 0 Å². The highest BCUT2D eigenvalue weighted by atomic mass is 35.5. The molecule has 1 aromatic rings. The second-order valence-electron chi connectivity index (χ2n) is 8.07. The van der Waals surface area contributed by atoms with Gasteiger partial charge in [0.25, 0.3) is 5.91 Å². The molecule has 0 unspecified atom stereocenters. The van der Waals surface area contributed by atoms with E-state index in [4.69, 9.17) is 11.6 Å². The fraction of sp³-hybridized carbons (Fsp3) is 0.600. The maximum Gasteiger partial charge on any atom is 0.256 e. The maximum atomic E-state index is 13.1. The van der Waals surface area contributed by atoms with Gasteiger partial charge in [-0.2, -0.15) is 0 Å². The summed E-state index contributed by atoms with van der Waals surface area (Å²) < 4.78 is 0. The third-order valence-electron chi connectivity index (χ3n) is 4.99. The molecule has 2 rings (SSSR count). The van der Waals surface area contributed by atoms with Crippen LogP contribution >= 0.6 is 11.6 Å². The normalized spacial score (nSPS) is 15.7. The Balaban J connectivity index is 2.28. The molecule has 1 N–H and O–H groups in total. The van der Waals surface area contributed by atoms with Gasteiger partial charge in [-0.15, -0.1) is 11.6 Å². The van der Waals surface area contributed by atoms with Crippen LogP contribution in [0.2, 0.25) is 0 Å². The molecule has 0 spiro atoms. The quantitative estimate of drug-likeness (QED) is 0.791. The monoisotopic (exact) mass is 379 g/mol. The van der Waals surface area contributed by atoms with Crippen molar-refractivity contribution in [3.63, 3.8) is 0 Å². The zero-order valence-corrected chi connectivity index (χ0v) is 17.2. The number of nitrogens with one attached hydrogen (secondary N) is 1. The molecule has 144 valence electrons. The Bertz CT molecular complexity index is 665. The third-order valence-corrected chi connectivity index (χ3v) is 5.65. The van der Waals surface area contributed by atoms with Gasteiger partial charge in [0.2, 0.25) is 5.91 Å². The summed E-state index contributed by atoms with van der Waals surface area (Å²) in [5.41, 5.74) is 1.41. The van der Waals surface area contributed by atoms with Crippen molar-refractivity contribution in [2.24, 2.45) is 11.3 Å². The van der Waals surface area contributed by atoms with Crippen molar-refractivity contribution in [1.82, 2.24) is 4.90 Å². The van der Waals surface area contributed by atoms with Crippen molar-refractivity contribution in [2.75, 3.05) is 43.3 Å². The van der Waals surface area contributed by atoms with Crippen LogP contribution in [0.4, 0.5) is 11.4 Å². The highest BCUT2D eigenvalue weighted by Gasteiger charge is 2.28. The molecule has 5 nitrogen and oxygen atoms in total. The summed E-state index contributed by atoms with van der Waals surface area (Å²) in [4.78, 5) is 29.3. The Morgan fingerprint density at radius 3 is 2.42 bits per heavy atom. The summed E-state index contributed by atoms with van der Waals surface area (Å²) in [5, 5.41) is 2.89. The number of halogens is 1. The molecule has 1 heterocycles. The third kappa shape index (κ3) is 4.70. The average Bonchev–Trinajstić information content (AvgIpc) is 2.61. The Hall–Kier alpha value is -1.75. The minimum absolute atomic E-state index is 0.0216. The molecule has 0 aromatic heterocycles. The molecule has 26 heavy (non-hydrogen) atoms. The van der Waals surface area contributed by atoms with E-state index in [0.717, 1.165) is 31.6 Å². The number of carbonyl (C=O) groups excluding carboxylic acids is 2. The minimum atomic E-state index is -0.672. The number of nitrogens with zero attached hydrogens (tertiary/aromatic N) is 2. The number of hydrogen-bond donors (Lipinski definition) is 1. The summed E-state index contributed by atoms with van der Waals surface area (Å²) in [6.45, 7) is 7.38. The van der Waals surface area contributed by atoms with Crippen LogP contribution < -0.4 is 10.2 Å². The summed E-state index contributed by atoms with van der Waals surface area (Å²) >= 11 is 5.89. The molecule has 0 aliphatic carbocycles. The van der Waals surface area contributed by atoms with Gasteiger partial charge in [0.05, 0.1) is 11.0 Å². The number of rotatable bonds is 5. The van der Waals surface area contributed by atoms with E-state index in [1.807, 2.05) is 36.0 Å². The number of amides is 2. The number of piperidine rings is 1. The van der Waals surface area contributed by atoms with Crippen molar-refractivity contribution < 1.29 is 9.59 Å². The van der Waals surface area contributed by atoms with Crippen molar-refractivity contribution >= 4 is 34.8 Å². The molecule has 0 radical (unpaired) electrons. The molecular formula is C20H30ClN3O2. The van der Waals surface area contributed by atoms with Crippen molar-refractivity contribution in [2.45, 2.75) is 33.6 Å². The van der Waals surface area contributed by atoms with Crippen molar-refractivity contribution in [1.29, 1.82) is 0 Å². The number of carbonyl (C=O) groups is 2. The van der Waals surface area contributed by atoms with Gasteiger partial charge < -0.3 is 15.1 Å². The number of anilines is 2. The van der Waals surface area contributed by atoms with Crippen LogP contribution in [0.15, 0.2) is 18.2 Å². The summed E-state index contributed by atoms with van der Waals surface area (Å²) in [5.74, 6) is 0.756. The zero-order chi connectivity index (χ0) is 19.5. The molecule has 1 aliphatic heterocycles. The molecule has 1 fully saturated rings. The summed E-state index contributed by atoms with van der Waals surface area (Å²) in [7, 11) is 3.83. The smallest absolute Gasteiger partial charge is 0.256 e. The Morgan fingerprint density at radius 1 is 1.27 bits per heavy atom. The lowest BCUT2D eigenvalue weighted by molar-refractivity contribution is -0.122. The first-order chi connectivity index (χ1) is 12.2. The zero-order valence-electron chi connectivity index (χ0n) is 16.4. The average molecular weight is 380 g/mol. The minimum Gasteiger partial charge on any atom is -0.377 e. The van der Waals surface area contributed by atoms with Crippen LogP contribution in [0, 0.1) is 11.3 Å². The molecule has 1 aromatic carbocycles. The molecule has 0 bridgehead atoms. The van der Waals surface area contributed by atoms with E-state index in [-0.39, 0.29) is 17.7 Å². The summed E-state index contributed by atoms with van der Waals surface area (Å²) in [6.07, 6.45) is 2.06. The molecule has 6 heteroatoms. The van der Waals surface area contributed by atoms with E-state index in [0.29, 0.717) is 17.2 Å². The summed E-state index contributed by atoms with van der Waals surface area (Å²) in [6, 6.07) is 5.48. The molecule has 1 saturated heterocycles. The van der Waals surface area contributed by atoms with Gasteiger partial charge in [-0.25, -0.2) is 0 Å². The van der Waals surface area contributed by atoms with Crippen LogP contribution in [0.3, 0.4) is 0 Å². The van der Waals surface area contributed by atoms with Gasteiger partial charge >= 0.3 is 0 Å². The fourth-order valence-corrected chi connectivity index (χ4v) is 3.04. The number of likely N-dealkylation sites (tertiary alicyclic amines) is 1. The first-order valence-corrected chi connectivity index (χ1v) is 9.67. The lowest BCUT2D eigenvalue weighted by atomic mass is 9.95. The highest BCUT2D eigenvalue weighted by Crippen LogP contribution is 2.28. The van der Waals surface area contributed by atoms with Gasteiger partial charge in [0.15, 0.2) is 0 Å². The first-order valence-electron chi connectivity index (χ1n) is 9.14. The van der Waals surface area contributed by atoms with E-state index in [2.05, 4.69) is 12.2 Å². The van der Waals surface area contributed by atoms with Gasteiger partial charge in [-0.1, -0.05) is 6.92 Å². The Morgan fingerprint density at radius 2 is 1.88 bits per heavy atom. The van der Waals surface area contributed by atoms with E-state index in [1.54, 1.807) is 19.9 Å². The standard InChI is InChI=1S/C20H30ClN3O2/c1-14-8-10-24(11-9-14)18(25)16-12-15(6-7-17(16)23(4)5)22-19(26)20(2,3)13-21/h6-7,12,14H,8-11,13H2,1-5H3,(H,22,26). The van der Waals surface area contributed by atoms with E-state index in [9.17, 15) is 9.59 Å². The predicted molar refractivity (Wildman–Crippen MR) is 108 cm³/mol. The Kier molecular flexibility index (Phi) is 6.56. The lowest BCUT2D eigenvalue weighted by Crippen LogP contribution is -2.38. The number of hydrogen-bond acceptors (Lipinski definition) is 3. The van der Waals surface area contributed by atoms with Crippen LogP contribution in [0.1, 0.15) is 44.0 Å². The largest absolute Gasteiger partial charge is 0.377 e. The first kappa shape index (κ1) is 20.6. The van der Waals surface area contributed by atoms with Crippen molar-refractivity contribution in [3.8, 4) is 0 Å². The van der Waals surface area contributed by atoms with Crippen LogP contribution in [0.5, 0.6) is 0 Å². The van der Waals surface area contributed by atoms with Gasteiger partial charge in [0.1, 0.15) is 0 Å².